The van der Waals surface area contributed by atoms with Crippen LogP contribution in [-0.4, -0.2) is 17.5 Å². The van der Waals surface area contributed by atoms with Gasteiger partial charge in [0.25, 0.3) is 0 Å². The van der Waals surface area contributed by atoms with Crippen LogP contribution < -0.4 is 0 Å². The van der Waals surface area contributed by atoms with Gasteiger partial charge < -0.3 is 4.74 Å². The summed E-state index contributed by atoms with van der Waals surface area (Å²) in [6.07, 6.45) is 0. The Kier molecular flexibility index (Phi) is 4.30. The van der Waals surface area contributed by atoms with E-state index in [-0.39, 0.29) is 12.5 Å². The summed E-state index contributed by atoms with van der Waals surface area (Å²) in [7, 11) is 0. The quantitative estimate of drug-likeness (QED) is 0.473. The zero-order valence-electron chi connectivity index (χ0n) is 9.78. The minimum atomic E-state index is -1.52. The number of nitro benzene ring substituents is 1. The Hall–Kier alpha value is -2.05. The van der Waals surface area contributed by atoms with Crippen molar-refractivity contribution in [2.24, 2.45) is 5.92 Å². The first-order chi connectivity index (χ1) is 8.34. The summed E-state index contributed by atoms with van der Waals surface area (Å²) < 4.78 is 31.5. The fourth-order valence-corrected chi connectivity index (χ4v) is 1.18. The average molecular weight is 259 g/mol. The van der Waals surface area contributed by atoms with Gasteiger partial charge in [0.2, 0.25) is 5.82 Å². The molecule has 1 aromatic carbocycles. The number of nitro groups is 1. The third-order valence-corrected chi connectivity index (χ3v) is 2.02. The fourth-order valence-electron chi connectivity index (χ4n) is 1.18. The van der Waals surface area contributed by atoms with Crippen LogP contribution in [-0.2, 0) is 4.74 Å². The Balaban J connectivity index is 3.11. The number of halogens is 2. The molecule has 0 saturated carbocycles. The molecular formula is C11H11F2NO4. The summed E-state index contributed by atoms with van der Waals surface area (Å²) >= 11 is 0. The van der Waals surface area contributed by atoms with Crippen molar-refractivity contribution >= 4 is 11.7 Å². The van der Waals surface area contributed by atoms with E-state index in [9.17, 15) is 23.7 Å². The lowest BCUT2D eigenvalue weighted by molar-refractivity contribution is -0.387. The normalized spacial score (nSPS) is 10.5. The number of carbonyl (C=O) groups excluding carboxylic acids is 1. The van der Waals surface area contributed by atoms with Crippen molar-refractivity contribution in [1.82, 2.24) is 0 Å². The van der Waals surface area contributed by atoms with Gasteiger partial charge in [-0.3, -0.25) is 10.1 Å². The summed E-state index contributed by atoms with van der Waals surface area (Å²) in [6, 6.07) is 1.32. The van der Waals surface area contributed by atoms with Crippen LogP contribution in [0.1, 0.15) is 24.2 Å². The summed E-state index contributed by atoms with van der Waals surface area (Å²) in [4.78, 5) is 20.9. The molecule has 0 radical (unpaired) electrons. The van der Waals surface area contributed by atoms with Gasteiger partial charge in [0.1, 0.15) is 11.4 Å². The molecule has 1 aromatic rings. The second-order valence-electron chi connectivity index (χ2n) is 4.00. The molecule has 0 saturated heterocycles. The van der Waals surface area contributed by atoms with Crippen LogP contribution in [0.3, 0.4) is 0 Å². The Morgan fingerprint density at radius 3 is 2.56 bits per heavy atom. The highest BCUT2D eigenvalue weighted by Crippen LogP contribution is 2.23. The lowest BCUT2D eigenvalue weighted by Gasteiger charge is -2.08. The van der Waals surface area contributed by atoms with Crippen LogP contribution in [0.4, 0.5) is 14.5 Å². The third-order valence-electron chi connectivity index (χ3n) is 2.02. The van der Waals surface area contributed by atoms with Crippen LogP contribution in [0.2, 0.25) is 0 Å². The maximum absolute atomic E-state index is 13.6. The van der Waals surface area contributed by atoms with Gasteiger partial charge >= 0.3 is 11.7 Å². The Labute approximate surface area is 102 Å². The average Bonchev–Trinajstić information content (AvgIpc) is 2.25. The van der Waals surface area contributed by atoms with Gasteiger partial charge in [0.05, 0.1) is 11.5 Å². The zero-order valence-corrected chi connectivity index (χ0v) is 9.78. The minimum Gasteiger partial charge on any atom is -0.462 e. The molecule has 0 aliphatic rings. The van der Waals surface area contributed by atoms with Crippen molar-refractivity contribution in [3.05, 3.63) is 39.4 Å². The van der Waals surface area contributed by atoms with Crippen molar-refractivity contribution in [1.29, 1.82) is 0 Å². The first-order valence-electron chi connectivity index (χ1n) is 5.14. The lowest BCUT2D eigenvalue weighted by atomic mass is 10.1. The standard InChI is InChI=1S/C11H11F2NO4/c1-6(2)5-18-11(15)9-7(12)3-4-8(10(9)13)14(16)17/h3-4,6H,5H2,1-2H3. The number of rotatable bonds is 4. The van der Waals surface area contributed by atoms with Crippen LogP contribution in [0, 0.1) is 27.7 Å². The number of carbonyl (C=O) groups is 1. The summed E-state index contributed by atoms with van der Waals surface area (Å²) in [6.45, 7) is 3.46. The summed E-state index contributed by atoms with van der Waals surface area (Å²) in [5, 5.41) is 10.5. The highest BCUT2D eigenvalue weighted by Gasteiger charge is 2.27. The van der Waals surface area contributed by atoms with Crippen LogP contribution in [0.25, 0.3) is 0 Å². The van der Waals surface area contributed by atoms with Gasteiger partial charge in [-0.05, 0) is 12.0 Å². The molecule has 0 fully saturated rings. The predicted molar refractivity (Wildman–Crippen MR) is 58.1 cm³/mol. The zero-order chi connectivity index (χ0) is 13.9. The van der Waals surface area contributed by atoms with Crippen LogP contribution in [0.5, 0.6) is 0 Å². The van der Waals surface area contributed by atoms with E-state index in [1.54, 1.807) is 13.8 Å². The van der Waals surface area contributed by atoms with Gasteiger partial charge in [0, 0.05) is 6.07 Å². The monoisotopic (exact) mass is 259 g/mol. The van der Waals surface area contributed by atoms with Crippen molar-refractivity contribution < 1.29 is 23.2 Å². The van der Waals surface area contributed by atoms with Gasteiger partial charge in [-0.2, -0.15) is 4.39 Å². The highest BCUT2D eigenvalue weighted by molar-refractivity contribution is 5.90. The SMILES string of the molecule is CC(C)COC(=O)c1c(F)ccc([N+](=O)[O-])c1F. The molecule has 0 spiro atoms. The maximum atomic E-state index is 13.6. The second kappa shape index (κ2) is 5.52. The van der Waals surface area contributed by atoms with Gasteiger partial charge in [-0.25, -0.2) is 9.18 Å². The fraction of sp³-hybridized carbons (Fsp3) is 0.364. The molecular weight excluding hydrogens is 248 g/mol. The Morgan fingerprint density at radius 1 is 1.44 bits per heavy atom. The summed E-state index contributed by atoms with van der Waals surface area (Å²) in [5.74, 6) is -3.97. The number of benzene rings is 1. The first-order valence-corrected chi connectivity index (χ1v) is 5.14. The molecule has 0 unspecified atom stereocenters. The van der Waals surface area contributed by atoms with E-state index in [1.165, 1.54) is 0 Å². The molecule has 0 aliphatic heterocycles. The van der Waals surface area contributed by atoms with E-state index in [4.69, 9.17) is 0 Å². The smallest absolute Gasteiger partial charge is 0.344 e. The van der Waals surface area contributed by atoms with Crippen molar-refractivity contribution in [3.8, 4) is 0 Å². The second-order valence-corrected chi connectivity index (χ2v) is 4.00. The van der Waals surface area contributed by atoms with Gasteiger partial charge in [0.15, 0.2) is 0 Å². The molecule has 1 rings (SSSR count). The number of esters is 1. The van der Waals surface area contributed by atoms with Crippen molar-refractivity contribution in [2.75, 3.05) is 6.61 Å². The van der Waals surface area contributed by atoms with Gasteiger partial charge in [-0.1, -0.05) is 13.8 Å². The molecule has 5 nitrogen and oxygen atoms in total. The Bertz CT molecular complexity index is 488. The van der Waals surface area contributed by atoms with Crippen molar-refractivity contribution in [2.45, 2.75) is 13.8 Å². The largest absolute Gasteiger partial charge is 0.462 e. The molecule has 0 atom stereocenters. The molecule has 98 valence electrons. The van der Waals surface area contributed by atoms with E-state index >= 15 is 0 Å². The molecule has 7 heteroatoms. The molecule has 0 bridgehead atoms. The van der Waals surface area contributed by atoms with Crippen molar-refractivity contribution in [3.63, 3.8) is 0 Å². The third kappa shape index (κ3) is 2.99. The number of hydrogen-bond acceptors (Lipinski definition) is 4. The molecule has 0 aromatic heterocycles. The summed E-state index contributed by atoms with van der Waals surface area (Å²) in [5.41, 5.74) is -2.00. The lowest BCUT2D eigenvalue weighted by Crippen LogP contribution is -2.14. The van der Waals surface area contributed by atoms with E-state index in [2.05, 4.69) is 4.74 Å². The molecule has 0 N–H and O–H groups in total. The van der Waals surface area contributed by atoms with Gasteiger partial charge in [-0.15, -0.1) is 0 Å². The molecule has 0 heterocycles. The molecule has 18 heavy (non-hydrogen) atoms. The predicted octanol–water partition coefficient (Wildman–Crippen LogP) is 2.69. The molecule has 0 amide bonds. The van der Waals surface area contributed by atoms with Crippen LogP contribution in [0.15, 0.2) is 12.1 Å². The van der Waals surface area contributed by atoms with E-state index < -0.39 is 33.8 Å². The molecule has 0 aliphatic carbocycles. The van der Waals surface area contributed by atoms with E-state index in [1.807, 2.05) is 0 Å². The number of hydrogen-bond donors (Lipinski definition) is 0. The first kappa shape index (κ1) is 14.0. The Morgan fingerprint density at radius 2 is 2.06 bits per heavy atom. The van der Waals surface area contributed by atoms with E-state index in [0.29, 0.717) is 12.1 Å². The van der Waals surface area contributed by atoms with E-state index in [0.717, 1.165) is 0 Å². The maximum Gasteiger partial charge on any atom is 0.344 e. The minimum absolute atomic E-state index is 0.0150. The number of ether oxygens (including phenoxy) is 1. The van der Waals surface area contributed by atoms with Crippen LogP contribution >= 0.6 is 0 Å². The number of nitrogens with zero attached hydrogens (tertiary/aromatic N) is 1. The highest BCUT2D eigenvalue weighted by atomic mass is 19.1. The topological polar surface area (TPSA) is 69.4 Å².